The van der Waals surface area contributed by atoms with Crippen molar-refractivity contribution >= 4 is 22.6 Å². The van der Waals surface area contributed by atoms with Crippen LogP contribution < -0.4 is 5.73 Å². The zero-order chi connectivity index (χ0) is 9.68. The highest BCUT2D eigenvalue weighted by Gasteiger charge is 2.04. The van der Waals surface area contributed by atoms with Gasteiger partial charge in [0.1, 0.15) is 0 Å². The summed E-state index contributed by atoms with van der Waals surface area (Å²) in [6.07, 6.45) is 1.61. The molecule has 0 aliphatic carbocycles. The van der Waals surface area contributed by atoms with Crippen molar-refractivity contribution in [2.75, 3.05) is 6.61 Å². The summed E-state index contributed by atoms with van der Waals surface area (Å²) in [5.41, 5.74) is 7.09. The molecule has 3 N–H and O–H groups in total. The largest absolute Gasteiger partial charge is 0.396 e. The van der Waals surface area contributed by atoms with Gasteiger partial charge in [0, 0.05) is 16.2 Å². The second-order valence-corrected chi connectivity index (χ2v) is 4.27. The van der Waals surface area contributed by atoms with Crippen LogP contribution in [0.1, 0.15) is 24.4 Å². The summed E-state index contributed by atoms with van der Waals surface area (Å²) in [6, 6.07) is 8.23. The third-order valence-corrected chi connectivity index (χ3v) is 2.62. The van der Waals surface area contributed by atoms with Crippen LogP contribution in [0, 0.1) is 3.57 Å². The molecule has 1 rings (SSSR count). The molecule has 1 aromatic rings. The lowest BCUT2D eigenvalue weighted by molar-refractivity contribution is 0.280. The molecule has 2 nitrogen and oxygen atoms in total. The van der Waals surface area contributed by atoms with Crippen molar-refractivity contribution in [3.05, 3.63) is 33.4 Å². The molecule has 0 amide bonds. The van der Waals surface area contributed by atoms with Gasteiger partial charge in [-0.3, -0.25) is 0 Å². The van der Waals surface area contributed by atoms with E-state index in [0.29, 0.717) is 0 Å². The van der Waals surface area contributed by atoms with Crippen LogP contribution in [0.3, 0.4) is 0 Å². The first-order valence-electron chi connectivity index (χ1n) is 4.36. The van der Waals surface area contributed by atoms with E-state index in [0.717, 1.165) is 18.4 Å². The first kappa shape index (κ1) is 10.9. The van der Waals surface area contributed by atoms with Crippen LogP contribution in [0.2, 0.25) is 0 Å². The third kappa shape index (κ3) is 3.62. The number of benzene rings is 1. The molecule has 0 radical (unpaired) electrons. The second kappa shape index (κ2) is 5.57. The van der Waals surface area contributed by atoms with Gasteiger partial charge in [-0.15, -0.1) is 0 Å². The standard InChI is InChI=1S/C10H14INO/c11-9-4-1-3-8(7-9)10(12)5-2-6-13/h1,3-4,7,10,13H,2,5-6,12H2/t10-/m1/s1. The van der Waals surface area contributed by atoms with E-state index in [-0.39, 0.29) is 12.6 Å². The molecule has 0 aliphatic rings. The van der Waals surface area contributed by atoms with Crippen molar-refractivity contribution in [1.82, 2.24) is 0 Å². The Morgan fingerprint density at radius 2 is 2.23 bits per heavy atom. The summed E-state index contributed by atoms with van der Waals surface area (Å²) in [6.45, 7) is 0.220. The number of halogens is 1. The molecule has 0 bridgehead atoms. The molecule has 72 valence electrons. The maximum Gasteiger partial charge on any atom is 0.0431 e. The van der Waals surface area contributed by atoms with E-state index in [1.54, 1.807) is 0 Å². The topological polar surface area (TPSA) is 46.2 Å². The predicted octanol–water partition coefficient (Wildman–Crippen LogP) is 2.06. The highest BCUT2D eigenvalue weighted by Crippen LogP contribution is 2.17. The summed E-state index contributed by atoms with van der Waals surface area (Å²) >= 11 is 2.27. The number of hydrogen-bond donors (Lipinski definition) is 2. The fourth-order valence-electron chi connectivity index (χ4n) is 1.22. The fourth-order valence-corrected chi connectivity index (χ4v) is 1.78. The smallest absolute Gasteiger partial charge is 0.0431 e. The highest BCUT2D eigenvalue weighted by molar-refractivity contribution is 14.1. The van der Waals surface area contributed by atoms with Crippen LogP contribution in [0.15, 0.2) is 24.3 Å². The van der Waals surface area contributed by atoms with Crippen molar-refractivity contribution in [2.24, 2.45) is 5.73 Å². The van der Waals surface area contributed by atoms with E-state index in [1.165, 1.54) is 3.57 Å². The molecule has 0 aromatic heterocycles. The van der Waals surface area contributed by atoms with Gasteiger partial charge in [0.05, 0.1) is 0 Å². The van der Waals surface area contributed by atoms with Crippen LogP contribution in [0.25, 0.3) is 0 Å². The summed E-state index contributed by atoms with van der Waals surface area (Å²) in [5, 5.41) is 8.66. The Kier molecular flexibility index (Phi) is 4.69. The molecular weight excluding hydrogens is 277 g/mol. The molecule has 0 unspecified atom stereocenters. The molecule has 0 fully saturated rings. The molecule has 0 saturated carbocycles. The van der Waals surface area contributed by atoms with Crippen molar-refractivity contribution in [3.8, 4) is 0 Å². The molecule has 0 aliphatic heterocycles. The molecule has 1 aromatic carbocycles. The summed E-state index contributed by atoms with van der Waals surface area (Å²) in [7, 11) is 0. The zero-order valence-corrected chi connectivity index (χ0v) is 9.57. The molecular formula is C10H14INO. The lowest BCUT2D eigenvalue weighted by Crippen LogP contribution is -2.10. The number of rotatable bonds is 4. The van der Waals surface area contributed by atoms with Crippen molar-refractivity contribution in [2.45, 2.75) is 18.9 Å². The first-order valence-corrected chi connectivity index (χ1v) is 5.44. The van der Waals surface area contributed by atoms with E-state index in [9.17, 15) is 0 Å². The van der Waals surface area contributed by atoms with Gasteiger partial charge < -0.3 is 10.8 Å². The Balaban J connectivity index is 2.60. The minimum absolute atomic E-state index is 0.0573. The monoisotopic (exact) mass is 291 g/mol. The van der Waals surface area contributed by atoms with Gasteiger partial charge in [-0.05, 0) is 53.1 Å². The molecule has 3 heteroatoms. The molecule has 1 atom stereocenters. The summed E-state index contributed by atoms with van der Waals surface area (Å²) in [4.78, 5) is 0. The van der Waals surface area contributed by atoms with Gasteiger partial charge in [-0.2, -0.15) is 0 Å². The maximum atomic E-state index is 8.66. The lowest BCUT2D eigenvalue weighted by Gasteiger charge is -2.10. The van der Waals surface area contributed by atoms with Gasteiger partial charge in [0.15, 0.2) is 0 Å². The van der Waals surface area contributed by atoms with Crippen LogP contribution in [-0.4, -0.2) is 11.7 Å². The van der Waals surface area contributed by atoms with Crippen LogP contribution in [0.4, 0.5) is 0 Å². The molecule has 0 heterocycles. The Hall–Kier alpha value is -0.130. The predicted molar refractivity (Wildman–Crippen MR) is 62.4 cm³/mol. The van der Waals surface area contributed by atoms with Gasteiger partial charge in [0.2, 0.25) is 0 Å². The fraction of sp³-hybridized carbons (Fsp3) is 0.400. The molecule has 0 saturated heterocycles. The third-order valence-electron chi connectivity index (χ3n) is 1.95. The highest BCUT2D eigenvalue weighted by atomic mass is 127. The van der Waals surface area contributed by atoms with E-state index in [2.05, 4.69) is 28.7 Å². The van der Waals surface area contributed by atoms with E-state index in [4.69, 9.17) is 10.8 Å². The van der Waals surface area contributed by atoms with Crippen LogP contribution >= 0.6 is 22.6 Å². The quantitative estimate of drug-likeness (QED) is 0.834. The number of nitrogens with two attached hydrogens (primary N) is 1. The van der Waals surface area contributed by atoms with Gasteiger partial charge in [-0.25, -0.2) is 0 Å². The lowest BCUT2D eigenvalue weighted by atomic mass is 10.0. The number of aliphatic hydroxyl groups is 1. The normalized spacial score (nSPS) is 12.8. The SMILES string of the molecule is N[C@H](CCCO)c1cccc(I)c1. The van der Waals surface area contributed by atoms with Gasteiger partial charge in [0.25, 0.3) is 0 Å². The zero-order valence-electron chi connectivity index (χ0n) is 7.41. The molecule has 13 heavy (non-hydrogen) atoms. The Bertz CT molecular complexity index is 265. The van der Waals surface area contributed by atoms with Gasteiger partial charge in [-0.1, -0.05) is 12.1 Å². The minimum atomic E-state index is 0.0573. The number of hydrogen-bond acceptors (Lipinski definition) is 2. The first-order chi connectivity index (χ1) is 6.24. The van der Waals surface area contributed by atoms with E-state index >= 15 is 0 Å². The average molecular weight is 291 g/mol. The van der Waals surface area contributed by atoms with Gasteiger partial charge >= 0.3 is 0 Å². The average Bonchev–Trinajstić information content (AvgIpc) is 2.14. The second-order valence-electron chi connectivity index (χ2n) is 3.03. The Morgan fingerprint density at radius 3 is 2.85 bits per heavy atom. The van der Waals surface area contributed by atoms with E-state index < -0.39 is 0 Å². The maximum absolute atomic E-state index is 8.66. The van der Waals surface area contributed by atoms with E-state index in [1.807, 2.05) is 18.2 Å². The Morgan fingerprint density at radius 1 is 1.46 bits per heavy atom. The van der Waals surface area contributed by atoms with Crippen LogP contribution in [-0.2, 0) is 0 Å². The van der Waals surface area contributed by atoms with Crippen molar-refractivity contribution in [1.29, 1.82) is 0 Å². The minimum Gasteiger partial charge on any atom is -0.396 e. The Labute approximate surface area is 92.3 Å². The van der Waals surface area contributed by atoms with Crippen LogP contribution in [0.5, 0.6) is 0 Å². The number of aliphatic hydroxyl groups excluding tert-OH is 1. The van der Waals surface area contributed by atoms with Crippen molar-refractivity contribution < 1.29 is 5.11 Å². The molecule has 0 spiro atoms. The summed E-state index contributed by atoms with van der Waals surface area (Å²) < 4.78 is 1.20. The van der Waals surface area contributed by atoms with Crippen molar-refractivity contribution in [3.63, 3.8) is 0 Å². The summed E-state index contributed by atoms with van der Waals surface area (Å²) in [5.74, 6) is 0.